The summed E-state index contributed by atoms with van der Waals surface area (Å²) in [5.41, 5.74) is 0.444. The van der Waals surface area contributed by atoms with Crippen LogP contribution < -0.4 is 4.90 Å². The molecule has 35 heavy (non-hydrogen) atoms. The summed E-state index contributed by atoms with van der Waals surface area (Å²) in [5, 5.41) is 8.96. The number of hydrogen-bond acceptors (Lipinski definition) is 4. The number of nitrogens with zero attached hydrogens (tertiary/aromatic N) is 4. The average molecular weight is 509 g/mol. The van der Waals surface area contributed by atoms with Gasteiger partial charge in [-0.1, -0.05) is 23.7 Å². The van der Waals surface area contributed by atoms with E-state index >= 15 is 0 Å². The first kappa shape index (κ1) is 24.5. The van der Waals surface area contributed by atoms with Crippen LogP contribution in [0.3, 0.4) is 0 Å². The number of carbonyl (C=O) groups is 3. The second-order valence-corrected chi connectivity index (χ2v) is 8.44. The molecule has 3 aromatic rings. The lowest BCUT2D eigenvalue weighted by atomic mass is 10.0. The molecule has 0 radical (unpaired) electrons. The SMILES string of the molecule is CCn1c(C)nc2cc(N3CC(C(=O)O)C(=O)N(Cc4cccc(C(F)(F)F)c4Cl)C3=O)ccc21. The number of anilines is 1. The molecular formula is C23H20ClF3N4O4. The fourth-order valence-electron chi connectivity index (χ4n) is 4.21. The van der Waals surface area contributed by atoms with Gasteiger partial charge in [0.2, 0.25) is 5.91 Å². The summed E-state index contributed by atoms with van der Waals surface area (Å²) in [4.78, 5) is 44.2. The van der Waals surface area contributed by atoms with Crippen molar-refractivity contribution in [1.82, 2.24) is 14.5 Å². The van der Waals surface area contributed by atoms with Crippen LogP contribution in [0.1, 0.15) is 23.9 Å². The van der Waals surface area contributed by atoms with Crippen molar-refractivity contribution in [3.8, 4) is 0 Å². The van der Waals surface area contributed by atoms with Gasteiger partial charge in [0.25, 0.3) is 0 Å². The highest BCUT2D eigenvalue weighted by Crippen LogP contribution is 2.37. The molecule has 1 saturated heterocycles. The summed E-state index contributed by atoms with van der Waals surface area (Å²) < 4.78 is 41.8. The van der Waals surface area contributed by atoms with Gasteiger partial charge in [0.1, 0.15) is 5.82 Å². The zero-order valence-corrected chi connectivity index (χ0v) is 19.4. The first-order chi connectivity index (χ1) is 16.4. The van der Waals surface area contributed by atoms with Gasteiger partial charge in [-0.3, -0.25) is 19.4 Å². The van der Waals surface area contributed by atoms with E-state index in [2.05, 4.69) is 4.98 Å². The van der Waals surface area contributed by atoms with Crippen molar-refractivity contribution in [2.75, 3.05) is 11.4 Å². The fraction of sp³-hybridized carbons (Fsp3) is 0.304. The van der Waals surface area contributed by atoms with Crippen LogP contribution in [-0.2, 0) is 28.9 Å². The predicted molar refractivity (Wildman–Crippen MR) is 121 cm³/mol. The number of benzene rings is 2. The van der Waals surface area contributed by atoms with Crippen molar-refractivity contribution >= 4 is 46.2 Å². The second kappa shape index (κ2) is 8.88. The summed E-state index contributed by atoms with van der Waals surface area (Å²) in [6.45, 7) is 3.40. The van der Waals surface area contributed by atoms with Gasteiger partial charge in [-0.05, 0) is 43.7 Å². The molecule has 0 aliphatic carbocycles. The Kier molecular flexibility index (Phi) is 6.22. The maximum atomic E-state index is 13.3. The summed E-state index contributed by atoms with van der Waals surface area (Å²) >= 11 is 5.95. The molecule has 1 unspecified atom stereocenters. The Hall–Kier alpha value is -3.60. The average Bonchev–Trinajstić information content (AvgIpc) is 3.10. The van der Waals surface area contributed by atoms with Crippen molar-refractivity contribution in [1.29, 1.82) is 0 Å². The molecule has 2 aromatic carbocycles. The van der Waals surface area contributed by atoms with Crippen molar-refractivity contribution in [3.63, 3.8) is 0 Å². The highest BCUT2D eigenvalue weighted by atomic mass is 35.5. The van der Waals surface area contributed by atoms with Crippen molar-refractivity contribution in [3.05, 3.63) is 58.4 Å². The molecule has 1 atom stereocenters. The zero-order valence-electron chi connectivity index (χ0n) is 18.6. The van der Waals surface area contributed by atoms with E-state index in [4.69, 9.17) is 11.6 Å². The normalized spacial score (nSPS) is 16.9. The van der Waals surface area contributed by atoms with Crippen LogP contribution in [0.2, 0.25) is 5.02 Å². The summed E-state index contributed by atoms with van der Waals surface area (Å²) in [7, 11) is 0. The van der Waals surface area contributed by atoms with Gasteiger partial charge < -0.3 is 9.67 Å². The van der Waals surface area contributed by atoms with Crippen LogP contribution in [0.5, 0.6) is 0 Å². The third kappa shape index (κ3) is 4.31. The first-order valence-electron chi connectivity index (χ1n) is 10.6. The number of hydrogen-bond donors (Lipinski definition) is 1. The van der Waals surface area contributed by atoms with Crippen molar-refractivity contribution in [2.45, 2.75) is 33.1 Å². The highest BCUT2D eigenvalue weighted by molar-refractivity contribution is 6.32. The first-order valence-corrected chi connectivity index (χ1v) is 11.0. The molecule has 0 spiro atoms. The van der Waals surface area contributed by atoms with Crippen LogP contribution >= 0.6 is 11.6 Å². The monoisotopic (exact) mass is 508 g/mol. The van der Waals surface area contributed by atoms with E-state index in [1.54, 1.807) is 18.2 Å². The lowest BCUT2D eigenvalue weighted by Crippen LogP contribution is -2.58. The maximum Gasteiger partial charge on any atom is 0.417 e. The Labute approximate surface area is 202 Å². The predicted octanol–water partition coefficient (Wildman–Crippen LogP) is 4.71. The van der Waals surface area contributed by atoms with Crippen molar-refractivity contribution < 1.29 is 32.7 Å². The Bertz CT molecular complexity index is 1350. The zero-order chi connectivity index (χ0) is 25.7. The molecule has 1 aliphatic heterocycles. The van der Waals surface area contributed by atoms with E-state index in [-0.39, 0.29) is 5.56 Å². The number of imidazole rings is 1. The van der Waals surface area contributed by atoms with Crippen LogP contribution in [0.15, 0.2) is 36.4 Å². The summed E-state index contributed by atoms with van der Waals surface area (Å²) in [6, 6.07) is 7.22. The number of imide groups is 1. The second-order valence-electron chi connectivity index (χ2n) is 8.06. The van der Waals surface area contributed by atoms with Gasteiger partial charge in [0, 0.05) is 18.8 Å². The number of rotatable bonds is 5. The van der Waals surface area contributed by atoms with Gasteiger partial charge >= 0.3 is 18.2 Å². The number of aromatic nitrogens is 2. The number of aryl methyl sites for hydroxylation is 2. The van der Waals surface area contributed by atoms with Gasteiger partial charge in [0.15, 0.2) is 5.92 Å². The molecule has 1 fully saturated rings. The van der Waals surface area contributed by atoms with E-state index in [9.17, 15) is 32.7 Å². The Morgan fingerprint density at radius 1 is 1.23 bits per heavy atom. The van der Waals surface area contributed by atoms with Crippen molar-refractivity contribution in [2.24, 2.45) is 5.92 Å². The Morgan fingerprint density at radius 3 is 2.57 bits per heavy atom. The van der Waals surface area contributed by atoms with E-state index in [0.29, 0.717) is 22.6 Å². The number of aliphatic carboxylic acids is 1. The number of alkyl halides is 3. The third-order valence-corrected chi connectivity index (χ3v) is 6.40. The van der Waals surface area contributed by atoms with Gasteiger partial charge in [-0.15, -0.1) is 0 Å². The number of halogens is 4. The van der Waals surface area contributed by atoms with E-state index in [0.717, 1.165) is 28.4 Å². The standard InChI is InChI=1S/C23H20ClF3N4O4/c1-3-29-12(2)28-17-9-14(7-8-18(17)29)30-11-15(21(33)34)20(32)31(22(30)35)10-13-5-4-6-16(19(13)24)23(25,26)27/h4-9,15H,3,10-11H2,1-2H3,(H,33,34). The molecular weight excluding hydrogens is 489 g/mol. The lowest BCUT2D eigenvalue weighted by molar-refractivity contribution is -0.150. The topological polar surface area (TPSA) is 95.7 Å². The number of fused-ring (bicyclic) bond motifs is 1. The van der Waals surface area contributed by atoms with Crippen LogP contribution in [-0.4, -0.2) is 44.0 Å². The van der Waals surface area contributed by atoms with E-state index in [1.165, 1.54) is 6.07 Å². The Morgan fingerprint density at radius 2 is 1.94 bits per heavy atom. The molecule has 1 aliphatic rings. The highest BCUT2D eigenvalue weighted by Gasteiger charge is 2.44. The fourth-order valence-corrected chi connectivity index (χ4v) is 4.50. The number of carboxylic acid groups (broad SMARTS) is 1. The summed E-state index contributed by atoms with van der Waals surface area (Å²) in [6.07, 6.45) is -4.74. The lowest BCUT2D eigenvalue weighted by Gasteiger charge is -2.37. The molecule has 2 heterocycles. The minimum atomic E-state index is -4.74. The molecule has 0 saturated carbocycles. The number of carbonyl (C=O) groups excluding carboxylic acids is 2. The van der Waals surface area contributed by atoms with Crippen LogP contribution in [0, 0.1) is 12.8 Å². The molecule has 4 rings (SSSR count). The molecule has 3 amide bonds. The van der Waals surface area contributed by atoms with Crippen LogP contribution in [0.25, 0.3) is 11.0 Å². The minimum Gasteiger partial charge on any atom is -0.481 e. The van der Waals surface area contributed by atoms with Gasteiger partial charge in [-0.25, -0.2) is 9.78 Å². The number of amides is 3. The molecule has 8 nitrogen and oxygen atoms in total. The molecule has 184 valence electrons. The maximum absolute atomic E-state index is 13.3. The Balaban J connectivity index is 1.74. The molecule has 12 heteroatoms. The molecule has 1 N–H and O–H groups in total. The summed E-state index contributed by atoms with van der Waals surface area (Å²) in [5.74, 6) is -3.34. The largest absolute Gasteiger partial charge is 0.481 e. The van der Waals surface area contributed by atoms with Gasteiger partial charge in [0.05, 0.1) is 28.2 Å². The molecule has 0 bridgehead atoms. The number of carboxylic acids is 1. The molecule has 1 aromatic heterocycles. The third-order valence-electron chi connectivity index (χ3n) is 5.95. The van der Waals surface area contributed by atoms with Crippen LogP contribution in [0.4, 0.5) is 23.7 Å². The quantitative estimate of drug-likeness (QED) is 0.504. The van der Waals surface area contributed by atoms with Gasteiger partial charge in [-0.2, -0.15) is 13.2 Å². The van der Waals surface area contributed by atoms with E-state index < -0.39 is 53.7 Å². The number of urea groups is 1. The smallest absolute Gasteiger partial charge is 0.417 e. The minimum absolute atomic E-state index is 0.137. The van der Waals surface area contributed by atoms with E-state index in [1.807, 2.05) is 18.4 Å².